The molecule has 7 heteroatoms. The average Bonchev–Trinajstić information content (AvgIpc) is 3.31. The van der Waals surface area contributed by atoms with Crippen LogP contribution in [0.1, 0.15) is 34.3 Å². The lowest BCUT2D eigenvalue weighted by atomic mass is 10.1. The van der Waals surface area contributed by atoms with Gasteiger partial charge < -0.3 is 9.51 Å². The molecule has 0 bridgehead atoms. The zero-order valence-electron chi connectivity index (χ0n) is 15.0. The third-order valence-electron chi connectivity index (χ3n) is 4.17. The SMILES string of the molecule is CCc1c[nH]c2ccc(F)cc12.O=Cc1cc(Cc2ccc(F)c(F)c2)on1. The molecule has 0 aliphatic carbocycles. The number of aldehydes is 1. The number of aromatic nitrogens is 2. The molecule has 2 aromatic heterocycles. The summed E-state index contributed by atoms with van der Waals surface area (Å²) < 4.78 is 43.2. The van der Waals surface area contributed by atoms with Crippen LogP contribution < -0.4 is 0 Å². The molecular formula is C21H17F3N2O2. The highest BCUT2D eigenvalue weighted by Crippen LogP contribution is 2.19. The predicted molar refractivity (Wildman–Crippen MR) is 98.7 cm³/mol. The number of carbonyl (C=O) groups is 1. The minimum Gasteiger partial charge on any atom is -0.361 e. The zero-order chi connectivity index (χ0) is 20.1. The third kappa shape index (κ3) is 4.49. The summed E-state index contributed by atoms with van der Waals surface area (Å²) in [5, 5.41) is 4.46. The molecule has 28 heavy (non-hydrogen) atoms. The highest BCUT2D eigenvalue weighted by Gasteiger charge is 2.07. The fourth-order valence-electron chi connectivity index (χ4n) is 2.76. The van der Waals surface area contributed by atoms with Crippen LogP contribution in [0.25, 0.3) is 10.9 Å². The maximum absolute atomic E-state index is 12.9. The van der Waals surface area contributed by atoms with Crippen LogP contribution in [0.3, 0.4) is 0 Å². The first kappa shape index (κ1) is 19.4. The van der Waals surface area contributed by atoms with Crippen LogP contribution >= 0.6 is 0 Å². The van der Waals surface area contributed by atoms with Crippen molar-refractivity contribution in [2.24, 2.45) is 0 Å². The summed E-state index contributed by atoms with van der Waals surface area (Å²) in [4.78, 5) is 13.4. The number of hydrogen-bond donors (Lipinski definition) is 1. The molecule has 2 heterocycles. The minimum absolute atomic E-state index is 0.170. The first-order valence-electron chi connectivity index (χ1n) is 8.60. The number of hydrogen-bond acceptors (Lipinski definition) is 3. The van der Waals surface area contributed by atoms with Crippen molar-refractivity contribution in [3.05, 3.63) is 88.7 Å². The zero-order valence-corrected chi connectivity index (χ0v) is 15.0. The highest BCUT2D eigenvalue weighted by molar-refractivity contribution is 5.83. The standard InChI is InChI=1S/C11H7F2NO2.C10H10FN/c12-10-2-1-7(4-11(10)13)3-9-5-8(6-15)14-16-9;1-2-7-6-12-10-4-3-8(11)5-9(7)10/h1-2,4-6H,3H2;3-6,12H,2H2,1H3. The van der Waals surface area contributed by atoms with Crippen molar-refractivity contribution in [3.8, 4) is 0 Å². The summed E-state index contributed by atoms with van der Waals surface area (Å²) >= 11 is 0. The van der Waals surface area contributed by atoms with E-state index in [1.807, 2.05) is 6.20 Å². The van der Waals surface area contributed by atoms with Crippen LogP contribution in [0.4, 0.5) is 13.2 Å². The summed E-state index contributed by atoms with van der Waals surface area (Å²) in [6, 6.07) is 9.84. The van der Waals surface area contributed by atoms with Crippen molar-refractivity contribution < 1.29 is 22.5 Å². The van der Waals surface area contributed by atoms with Crippen LogP contribution in [-0.4, -0.2) is 16.4 Å². The number of aromatic amines is 1. The fraction of sp³-hybridized carbons (Fsp3) is 0.143. The Morgan fingerprint density at radius 1 is 1.07 bits per heavy atom. The summed E-state index contributed by atoms with van der Waals surface area (Å²) in [6.45, 7) is 2.06. The number of nitrogens with one attached hydrogen (secondary N) is 1. The van der Waals surface area contributed by atoms with E-state index >= 15 is 0 Å². The molecule has 0 aliphatic heterocycles. The Morgan fingerprint density at radius 3 is 2.57 bits per heavy atom. The summed E-state index contributed by atoms with van der Waals surface area (Å²) in [6.07, 6.45) is 3.68. The van der Waals surface area contributed by atoms with Gasteiger partial charge in [0.1, 0.15) is 17.3 Å². The number of fused-ring (bicyclic) bond motifs is 1. The van der Waals surface area contributed by atoms with E-state index < -0.39 is 11.6 Å². The topological polar surface area (TPSA) is 58.9 Å². The molecule has 0 fully saturated rings. The first-order chi connectivity index (χ1) is 13.5. The van der Waals surface area contributed by atoms with Crippen molar-refractivity contribution in [1.29, 1.82) is 0 Å². The Morgan fingerprint density at radius 2 is 1.89 bits per heavy atom. The first-order valence-corrected chi connectivity index (χ1v) is 8.60. The largest absolute Gasteiger partial charge is 0.361 e. The predicted octanol–water partition coefficient (Wildman–Crippen LogP) is 5.23. The smallest absolute Gasteiger partial charge is 0.171 e. The van der Waals surface area contributed by atoms with E-state index in [9.17, 15) is 18.0 Å². The maximum atomic E-state index is 12.9. The van der Waals surface area contributed by atoms with Gasteiger partial charge in [-0.05, 0) is 47.9 Å². The van der Waals surface area contributed by atoms with Gasteiger partial charge in [-0.3, -0.25) is 4.79 Å². The van der Waals surface area contributed by atoms with E-state index in [0.29, 0.717) is 17.6 Å². The maximum Gasteiger partial charge on any atom is 0.171 e. The fourth-order valence-corrected chi connectivity index (χ4v) is 2.76. The second-order valence-corrected chi connectivity index (χ2v) is 6.12. The molecule has 4 rings (SSSR count). The molecule has 4 aromatic rings. The summed E-state index contributed by atoms with van der Waals surface area (Å²) in [5.41, 5.74) is 2.91. The van der Waals surface area contributed by atoms with Gasteiger partial charge in [-0.1, -0.05) is 18.1 Å². The molecule has 0 aliphatic rings. The lowest BCUT2D eigenvalue weighted by Crippen LogP contribution is -1.90. The van der Waals surface area contributed by atoms with E-state index in [0.717, 1.165) is 29.5 Å². The van der Waals surface area contributed by atoms with Gasteiger partial charge in [-0.15, -0.1) is 0 Å². The quantitative estimate of drug-likeness (QED) is 0.489. The minimum atomic E-state index is -0.910. The number of halogens is 3. The number of aryl methyl sites for hydroxylation is 1. The van der Waals surface area contributed by atoms with Gasteiger partial charge in [0.25, 0.3) is 0 Å². The molecule has 144 valence electrons. The molecular weight excluding hydrogens is 369 g/mol. The molecule has 0 amide bonds. The van der Waals surface area contributed by atoms with Gasteiger partial charge in [-0.25, -0.2) is 13.2 Å². The van der Waals surface area contributed by atoms with Crippen LogP contribution in [0.2, 0.25) is 0 Å². The van der Waals surface area contributed by atoms with E-state index in [2.05, 4.69) is 17.1 Å². The molecule has 0 unspecified atom stereocenters. The number of nitrogens with zero attached hydrogens (tertiary/aromatic N) is 1. The third-order valence-corrected chi connectivity index (χ3v) is 4.17. The van der Waals surface area contributed by atoms with Gasteiger partial charge in [0.05, 0.1) is 0 Å². The van der Waals surface area contributed by atoms with Crippen molar-refractivity contribution in [3.63, 3.8) is 0 Å². The van der Waals surface area contributed by atoms with Crippen molar-refractivity contribution in [1.82, 2.24) is 10.1 Å². The van der Waals surface area contributed by atoms with Crippen LogP contribution in [0.5, 0.6) is 0 Å². The van der Waals surface area contributed by atoms with E-state index in [1.54, 1.807) is 12.1 Å². The van der Waals surface area contributed by atoms with Gasteiger partial charge in [0.2, 0.25) is 0 Å². The van der Waals surface area contributed by atoms with E-state index in [1.165, 1.54) is 23.8 Å². The molecule has 0 atom stereocenters. The molecule has 0 saturated heterocycles. The Kier molecular flexibility index (Phi) is 5.93. The van der Waals surface area contributed by atoms with Crippen molar-refractivity contribution in [2.45, 2.75) is 19.8 Å². The molecule has 0 radical (unpaired) electrons. The Labute approximate surface area is 159 Å². The van der Waals surface area contributed by atoms with Gasteiger partial charge in [0, 0.05) is 29.6 Å². The second kappa shape index (κ2) is 8.56. The molecule has 2 aromatic carbocycles. The summed E-state index contributed by atoms with van der Waals surface area (Å²) in [7, 11) is 0. The lowest BCUT2D eigenvalue weighted by Gasteiger charge is -1.98. The Bertz CT molecular complexity index is 1100. The molecule has 0 spiro atoms. The van der Waals surface area contributed by atoms with Crippen LogP contribution in [0.15, 0.2) is 53.2 Å². The highest BCUT2D eigenvalue weighted by atomic mass is 19.2. The van der Waals surface area contributed by atoms with Crippen molar-refractivity contribution in [2.75, 3.05) is 0 Å². The number of benzene rings is 2. The molecule has 0 saturated carbocycles. The second-order valence-electron chi connectivity index (χ2n) is 6.12. The van der Waals surface area contributed by atoms with Gasteiger partial charge >= 0.3 is 0 Å². The Balaban J connectivity index is 0.000000167. The number of rotatable bonds is 4. The number of H-pyrrole nitrogens is 1. The van der Waals surface area contributed by atoms with Gasteiger partial charge in [0.15, 0.2) is 17.9 Å². The summed E-state index contributed by atoms with van der Waals surface area (Å²) in [5.74, 6) is -1.55. The molecule has 1 N–H and O–H groups in total. The van der Waals surface area contributed by atoms with E-state index in [4.69, 9.17) is 4.52 Å². The lowest BCUT2D eigenvalue weighted by molar-refractivity contribution is 0.111. The Hall–Kier alpha value is -3.35. The van der Waals surface area contributed by atoms with E-state index in [-0.39, 0.29) is 17.9 Å². The number of carbonyl (C=O) groups excluding carboxylic acids is 1. The van der Waals surface area contributed by atoms with Crippen molar-refractivity contribution >= 4 is 17.2 Å². The average molecular weight is 386 g/mol. The monoisotopic (exact) mass is 386 g/mol. The van der Waals surface area contributed by atoms with Crippen LogP contribution in [-0.2, 0) is 12.8 Å². The normalized spacial score (nSPS) is 10.6. The van der Waals surface area contributed by atoms with Gasteiger partial charge in [-0.2, -0.15) is 0 Å². The van der Waals surface area contributed by atoms with Crippen LogP contribution in [0, 0.1) is 17.5 Å². The molecule has 4 nitrogen and oxygen atoms in total.